The molecule has 1 aliphatic heterocycles. The highest BCUT2D eigenvalue weighted by atomic mass is 16.4. The molecule has 0 aromatic rings. The van der Waals surface area contributed by atoms with Gasteiger partial charge in [0.1, 0.15) is 6.04 Å². The number of amides is 1. The van der Waals surface area contributed by atoms with Crippen molar-refractivity contribution < 1.29 is 14.7 Å². The number of carboxylic acid groups (broad SMARTS) is 1. The Hall–Kier alpha value is -1.06. The lowest BCUT2D eigenvalue weighted by Crippen LogP contribution is -2.63. The van der Waals surface area contributed by atoms with E-state index in [9.17, 15) is 9.59 Å². The normalized spacial score (nSPS) is 29.5. The van der Waals surface area contributed by atoms with Crippen molar-refractivity contribution in [2.75, 3.05) is 0 Å². The van der Waals surface area contributed by atoms with Crippen molar-refractivity contribution in [3.8, 4) is 0 Å². The third kappa shape index (κ3) is 1.20. The highest BCUT2D eigenvalue weighted by Gasteiger charge is 2.45. The number of hydrogen-bond acceptors (Lipinski definition) is 2. The van der Waals surface area contributed by atoms with E-state index in [1.807, 2.05) is 13.8 Å². The quantitative estimate of drug-likeness (QED) is 0.547. The lowest BCUT2D eigenvalue weighted by atomic mass is 9.81. The Morgan fingerprint density at radius 1 is 1.64 bits per heavy atom. The summed E-state index contributed by atoms with van der Waals surface area (Å²) in [6.07, 6.45) is 0. The largest absolute Gasteiger partial charge is 0.480 e. The molecule has 1 aliphatic rings. The minimum atomic E-state index is -0.941. The van der Waals surface area contributed by atoms with Gasteiger partial charge in [-0.15, -0.1) is 0 Å². The Kier molecular flexibility index (Phi) is 1.85. The standard InChI is InChI=1S/C7H11NO3/c1-3(2)4-5(7(10)11)8-6(4)9/h3-5H,1-2H3,(H,8,9)(H,10,11)/t4-,5+/m1/s1. The molecule has 1 rings (SSSR count). The second kappa shape index (κ2) is 2.53. The van der Waals surface area contributed by atoms with Crippen LogP contribution >= 0.6 is 0 Å². The van der Waals surface area contributed by atoms with Crippen LogP contribution in [0.3, 0.4) is 0 Å². The van der Waals surface area contributed by atoms with Gasteiger partial charge in [-0.25, -0.2) is 4.79 Å². The molecule has 4 nitrogen and oxygen atoms in total. The smallest absolute Gasteiger partial charge is 0.327 e. The molecule has 1 amide bonds. The third-order valence-electron chi connectivity index (χ3n) is 1.94. The van der Waals surface area contributed by atoms with Crippen LogP contribution in [0, 0.1) is 11.8 Å². The second-order valence-corrected chi connectivity index (χ2v) is 3.09. The fourth-order valence-corrected chi connectivity index (χ4v) is 1.30. The lowest BCUT2D eigenvalue weighted by Gasteiger charge is -2.36. The molecule has 62 valence electrons. The van der Waals surface area contributed by atoms with E-state index in [1.54, 1.807) is 0 Å². The number of hydrogen-bond donors (Lipinski definition) is 2. The lowest BCUT2D eigenvalue weighted by molar-refractivity contribution is -0.154. The highest BCUT2D eigenvalue weighted by molar-refractivity contribution is 5.96. The Morgan fingerprint density at radius 2 is 2.18 bits per heavy atom. The molecule has 11 heavy (non-hydrogen) atoms. The molecule has 0 aromatic carbocycles. The Morgan fingerprint density at radius 3 is 2.36 bits per heavy atom. The van der Waals surface area contributed by atoms with E-state index in [1.165, 1.54) is 0 Å². The van der Waals surface area contributed by atoms with E-state index < -0.39 is 12.0 Å². The molecule has 0 aromatic heterocycles. The Bertz CT molecular complexity index is 200. The van der Waals surface area contributed by atoms with Crippen molar-refractivity contribution in [1.82, 2.24) is 5.32 Å². The summed E-state index contributed by atoms with van der Waals surface area (Å²) in [7, 11) is 0. The van der Waals surface area contributed by atoms with Crippen LogP contribution in [0.1, 0.15) is 13.8 Å². The minimum Gasteiger partial charge on any atom is -0.480 e. The molecule has 2 N–H and O–H groups in total. The Labute approximate surface area is 64.6 Å². The molecule has 1 saturated heterocycles. The molecule has 0 radical (unpaired) electrons. The van der Waals surface area contributed by atoms with Crippen molar-refractivity contribution in [2.24, 2.45) is 11.8 Å². The Balaban J connectivity index is 2.62. The third-order valence-corrected chi connectivity index (χ3v) is 1.94. The van der Waals surface area contributed by atoms with E-state index in [0.717, 1.165) is 0 Å². The molecule has 0 bridgehead atoms. The number of carboxylic acids is 1. The molecular weight excluding hydrogens is 146 g/mol. The monoisotopic (exact) mass is 157 g/mol. The van der Waals surface area contributed by atoms with Crippen molar-refractivity contribution in [1.29, 1.82) is 0 Å². The van der Waals surface area contributed by atoms with E-state index in [-0.39, 0.29) is 17.7 Å². The maximum Gasteiger partial charge on any atom is 0.327 e. The zero-order valence-electron chi connectivity index (χ0n) is 6.50. The predicted molar refractivity (Wildman–Crippen MR) is 37.9 cm³/mol. The van der Waals surface area contributed by atoms with Gasteiger partial charge in [-0.1, -0.05) is 13.8 Å². The van der Waals surface area contributed by atoms with Gasteiger partial charge in [0, 0.05) is 0 Å². The minimum absolute atomic E-state index is 0.102. The maximum absolute atomic E-state index is 10.8. The van der Waals surface area contributed by atoms with Gasteiger partial charge in [0.05, 0.1) is 5.92 Å². The van der Waals surface area contributed by atoms with Crippen molar-refractivity contribution in [2.45, 2.75) is 19.9 Å². The van der Waals surface area contributed by atoms with Crippen molar-refractivity contribution in [3.05, 3.63) is 0 Å². The summed E-state index contributed by atoms with van der Waals surface area (Å²) in [4.78, 5) is 21.2. The predicted octanol–water partition coefficient (Wildman–Crippen LogP) is -0.158. The van der Waals surface area contributed by atoms with E-state index in [2.05, 4.69) is 5.32 Å². The SMILES string of the molecule is CC(C)[C@H]1C(=O)N[C@@H]1C(=O)O. The van der Waals surface area contributed by atoms with Crippen LogP contribution in [-0.2, 0) is 9.59 Å². The fraction of sp³-hybridized carbons (Fsp3) is 0.714. The second-order valence-electron chi connectivity index (χ2n) is 3.09. The maximum atomic E-state index is 10.8. The van der Waals surface area contributed by atoms with Gasteiger partial charge in [-0.05, 0) is 5.92 Å². The topological polar surface area (TPSA) is 66.4 Å². The molecule has 1 fully saturated rings. The van der Waals surface area contributed by atoms with Crippen LogP contribution in [0.5, 0.6) is 0 Å². The summed E-state index contributed by atoms with van der Waals surface area (Å²) in [5.74, 6) is -1.33. The van der Waals surface area contributed by atoms with Gasteiger partial charge in [0.2, 0.25) is 5.91 Å². The van der Waals surface area contributed by atoms with Gasteiger partial charge in [0.15, 0.2) is 0 Å². The molecule has 2 atom stereocenters. The first-order chi connectivity index (χ1) is 5.04. The van der Waals surface area contributed by atoms with E-state index in [4.69, 9.17) is 5.11 Å². The number of carbonyl (C=O) groups is 2. The summed E-state index contributed by atoms with van der Waals surface area (Å²) < 4.78 is 0. The zero-order valence-corrected chi connectivity index (χ0v) is 6.50. The van der Waals surface area contributed by atoms with E-state index in [0.29, 0.717) is 0 Å². The number of aliphatic carboxylic acids is 1. The van der Waals surface area contributed by atoms with Crippen LogP contribution < -0.4 is 5.32 Å². The molecule has 0 saturated carbocycles. The first-order valence-corrected chi connectivity index (χ1v) is 3.57. The molecule has 0 spiro atoms. The van der Waals surface area contributed by atoms with Crippen molar-refractivity contribution in [3.63, 3.8) is 0 Å². The van der Waals surface area contributed by atoms with Crippen LogP contribution in [0.4, 0.5) is 0 Å². The number of carbonyl (C=O) groups excluding carboxylic acids is 1. The van der Waals surface area contributed by atoms with Crippen LogP contribution in [0.25, 0.3) is 0 Å². The van der Waals surface area contributed by atoms with Crippen molar-refractivity contribution >= 4 is 11.9 Å². The summed E-state index contributed by atoms with van der Waals surface area (Å²) in [6.45, 7) is 3.69. The average molecular weight is 157 g/mol. The van der Waals surface area contributed by atoms with Crippen LogP contribution in [-0.4, -0.2) is 23.0 Å². The fourth-order valence-electron chi connectivity index (χ4n) is 1.30. The summed E-state index contributed by atoms with van der Waals surface area (Å²) >= 11 is 0. The first-order valence-electron chi connectivity index (χ1n) is 3.57. The molecule has 0 aliphatic carbocycles. The van der Waals surface area contributed by atoms with E-state index >= 15 is 0 Å². The first kappa shape index (κ1) is 8.04. The highest BCUT2D eigenvalue weighted by Crippen LogP contribution is 2.23. The molecular formula is C7H11NO3. The van der Waals surface area contributed by atoms with Gasteiger partial charge in [-0.2, -0.15) is 0 Å². The summed E-state index contributed by atoms with van der Waals surface area (Å²) in [5.41, 5.74) is 0. The number of β-lactam (4-membered cyclic amide) rings is 1. The number of rotatable bonds is 2. The summed E-state index contributed by atoms with van der Waals surface area (Å²) in [5, 5.41) is 10.9. The van der Waals surface area contributed by atoms with Gasteiger partial charge in [0.25, 0.3) is 0 Å². The van der Waals surface area contributed by atoms with Gasteiger partial charge in [-0.3, -0.25) is 4.79 Å². The molecule has 1 heterocycles. The van der Waals surface area contributed by atoms with Crippen LogP contribution in [0.15, 0.2) is 0 Å². The van der Waals surface area contributed by atoms with Crippen LogP contribution in [0.2, 0.25) is 0 Å². The summed E-state index contributed by atoms with van der Waals surface area (Å²) in [6, 6.07) is -0.664. The molecule has 0 unspecified atom stereocenters. The van der Waals surface area contributed by atoms with Gasteiger partial charge >= 0.3 is 5.97 Å². The average Bonchev–Trinajstić information content (AvgIpc) is 1.80. The number of nitrogens with one attached hydrogen (secondary N) is 1. The molecule has 4 heteroatoms. The van der Waals surface area contributed by atoms with Gasteiger partial charge < -0.3 is 10.4 Å². The zero-order chi connectivity index (χ0) is 8.59.